The topological polar surface area (TPSA) is 63.4 Å². The van der Waals surface area contributed by atoms with E-state index in [0.29, 0.717) is 0 Å². The maximum atomic E-state index is 8.36. The van der Waals surface area contributed by atoms with Gasteiger partial charge in [0.25, 0.3) is 5.09 Å². The molecule has 46 valence electrons. The molecule has 2 radical (unpaired) electrons. The van der Waals surface area contributed by atoms with Crippen molar-refractivity contribution in [3.8, 4) is 0 Å². The SMILES string of the molecule is O=[N+]([O-])O.[Ag].[Ag]. The quantitative estimate of drug-likeness (QED) is 0.374. The van der Waals surface area contributed by atoms with Crippen molar-refractivity contribution in [2.24, 2.45) is 0 Å². The molecule has 0 fully saturated rings. The zero-order chi connectivity index (χ0) is 3.58. The molecule has 0 amide bonds. The molecule has 0 bridgehead atoms. The summed E-state index contributed by atoms with van der Waals surface area (Å²) in [6.07, 6.45) is 0. The minimum Gasteiger partial charge on any atom is -0.328 e. The van der Waals surface area contributed by atoms with E-state index in [1.807, 2.05) is 0 Å². The van der Waals surface area contributed by atoms with Gasteiger partial charge in [-0.3, -0.25) is 0 Å². The van der Waals surface area contributed by atoms with E-state index in [2.05, 4.69) is 0 Å². The fourth-order valence-electron chi connectivity index (χ4n) is 0. The van der Waals surface area contributed by atoms with Crippen LogP contribution in [-0.4, -0.2) is 10.3 Å². The molecule has 0 aliphatic carbocycles. The first kappa shape index (κ1) is 15.9. The predicted molar refractivity (Wildman–Crippen MR) is 8.78 cm³/mol. The fraction of sp³-hybridized carbons (Fsp3) is 0. The normalized spacial score (nSPS) is 4.00. The van der Waals surface area contributed by atoms with Gasteiger partial charge in [-0.15, -0.1) is 10.1 Å². The van der Waals surface area contributed by atoms with Crippen LogP contribution in [0.3, 0.4) is 0 Å². The summed E-state index contributed by atoms with van der Waals surface area (Å²) in [5, 5.41) is 13.6. The minimum atomic E-state index is -1.50. The summed E-state index contributed by atoms with van der Waals surface area (Å²) in [7, 11) is 0. The molecule has 0 aromatic carbocycles. The molecule has 0 spiro atoms. The summed E-state index contributed by atoms with van der Waals surface area (Å²) in [6, 6.07) is 0. The zero-order valence-corrected chi connectivity index (χ0v) is 5.28. The first-order chi connectivity index (χ1) is 1.73. The number of nitrogens with zero attached hydrogens (tertiary/aromatic N) is 1. The summed E-state index contributed by atoms with van der Waals surface area (Å²) in [4.78, 5) is 8.36. The molecule has 0 atom stereocenters. The summed E-state index contributed by atoms with van der Waals surface area (Å²) in [5.41, 5.74) is 0. The van der Waals surface area contributed by atoms with Crippen LogP contribution in [0.25, 0.3) is 0 Å². The molecule has 0 heterocycles. The van der Waals surface area contributed by atoms with E-state index in [-0.39, 0.29) is 44.8 Å². The molecule has 0 aromatic rings. The molecule has 6 heavy (non-hydrogen) atoms. The second-order valence-electron chi connectivity index (χ2n) is 0.238. The van der Waals surface area contributed by atoms with Gasteiger partial charge in [0, 0.05) is 44.8 Å². The largest absolute Gasteiger partial charge is 0.328 e. The van der Waals surface area contributed by atoms with Gasteiger partial charge in [-0.2, -0.15) is 0 Å². The van der Waals surface area contributed by atoms with Gasteiger partial charge in [-0.25, -0.2) is 0 Å². The molecule has 6 heteroatoms. The van der Waals surface area contributed by atoms with Gasteiger partial charge in [0.1, 0.15) is 0 Å². The smallest absolute Gasteiger partial charge is 0.291 e. The predicted octanol–water partition coefficient (Wildman–Crippen LogP) is -0.353. The Balaban J connectivity index is -0.0000000450. The van der Waals surface area contributed by atoms with Gasteiger partial charge in [0.05, 0.1) is 0 Å². The monoisotopic (exact) mass is 277 g/mol. The molecule has 0 unspecified atom stereocenters. The van der Waals surface area contributed by atoms with E-state index in [1.165, 1.54) is 0 Å². The van der Waals surface area contributed by atoms with Crippen LogP contribution in [0.4, 0.5) is 0 Å². The van der Waals surface area contributed by atoms with E-state index >= 15 is 0 Å². The maximum absolute atomic E-state index is 8.36. The third-order valence-electron chi connectivity index (χ3n) is 0. The molecule has 4 nitrogen and oxygen atoms in total. The van der Waals surface area contributed by atoms with Gasteiger partial charge in [-0.05, 0) is 0 Å². The Morgan fingerprint density at radius 1 is 1.50 bits per heavy atom. The molecule has 0 rings (SSSR count). The van der Waals surface area contributed by atoms with Crippen molar-refractivity contribution >= 4 is 0 Å². The van der Waals surface area contributed by atoms with Crippen molar-refractivity contribution in [2.75, 3.05) is 0 Å². The van der Waals surface area contributed by atoms with E-state index in [4.69, 9.17) is 15.3 Å². The van der Waals surface area contributed by atoms with Gasteiger partial charge in [-0.1, -0.05) is 0 Å². The Morgan fingerprint density at radius 3 is 1.50 bits per heavy atom. The second kappa shape index (κ2) is 9.19. The first-order valence-electron chi connectivity index (χ1n) is 0.565. The van der Waals surface area contributed by atoms with E-state index in [0.717, 1.165) is 0 Å². The molecule has 0 aromatic heterocycles. The zero-order valence-electron chi connectivity index (χ0n) is 2.31. The Hall–Kier alpha value is 0.681. The number of hydrogen-bond acceptors (Lipinski definition) is 2. The van der Waals surface area contributed by atoms with Crippen molar-refractivity contribution in [3.05, 3.63) is 10.1 Å². The summed E-state index contributed by atoms with van der Waals surface area (Å²) < 4.78 is 0. The van der Waals surface area contributed by atoms with Gasteiger partial charge in [0.15, 0.2) is 0 Å². The van der Waals surface area contributed by atoms with Gasteiger partial charge in [0.2, 0.25) is 0 Å². The summed E-state index contributed by atoms with van der Waals surface area (Å²) >= 11 is 0. The third kappa shape index (κ3) is 137. The average Bonchev–Trinajstić information content (AvgIpc) is 0.811. The third-order valence-corrected chi connectivity index (χ3v) is 0. The molecule has 0 saturated carbocycles. The molecular formula is HAg2NO3. The molecule has 0 saturated heterocycles. The summed E-state index contributed by atoms with van der Waals surface area (Å²) in [6.45, 7) is 0. The standard InChI is InChI=1S/2Ag.HNO3/c;;2-1(3)4/h;;(H,2,3,4). The summed E-state index contributed by atoms with van der Waals surface area (Å²) in [5.74, 6) is 0. The van der Waals surface area contributed by atoms with E-state index < -0.39 is 5.09 Å². The molecule has 1 N–H and O–H groups in total. The second-order valence-corrected chi connectivity index (χ2v) is 0.238. The van der Waals surface area contributed by atoms with Crippen LogP contribution in [0.5, 0.6) is 0 Å². The van der Waals surface area contributed by atoms with Crippen molar-refractivity contribution in [2.45, 2.75) is 0 Å². The molecule has 0 aliphatic heterocycles. The Morgan fingerprint density at radius 2 is 1.50 bits per heavy atom. The van der Waals surface area contributed by atoms with Crippen molar-refractivity contribution in [1.82, 2.24) is 0 Å². The number of hydrogen-bond donors (Lipinski definition) is 1. The van der Waals surface area contributed by atoms with Crippen LogP contribution >= 0.6 is 0 Å². The Labute approximate surface area is 65.0 Å². The Bertz CT molecular complexity index is 31.8. The molecule has 0 aliphatic rings. The van der Waals surface area contributed by atoms with Crippen LogP contribution in [0.15, 0.2) is 0 Å². The van der Waals surface area contributed by atoms with E-state index in [9.17, 15) is 0 Å². The molecular weight excluding hydrogens is 278 g/mol. The van der Waals surface area contributed by atoms with Crippen LogP contribution in [-0.2, 0) is 44.8 Å². The maximum Gasteiger partial charge on any atom is 0.291 e. The Kier molecular flexibility index (Phi) is 24.4. The van der Waals surface area contributed by atoms with Crippen LogP contribution in [0.2, 0.25) is 0 Å². The van der Waals surface area contributed by atoms with Crippen molar-refractivity contribution in [1.29, 1.82) is 0 Å². The fourth-order valence-corrected chi connectivity index (χ4v) is 0. The van der Waals surface area contributed by atoms with Crippen LogP contribution < -0.4 is 0 Å². The number of rotatable bonds is 0. The van der Waals surface area contributed by atoms with Crippen LogP contribution in [0, 0.1) is 10.1 Å². The first-order valence-corrected chi connectivity index (χ1v) is 0.565. The van der Waals surface area contributed by atoms with E-state index in [1.54, 1.807) is 0 Å². The van der Waals surface area contributed by atoms with Gasteiger partial charge >= 0.3 is 0 Å². The average molecular weight is 279 g/mol. The minimum absolute atomic E-state index is 0. The van der Waals surface area contributed by atoms with Crippen LogP contribution in [0.1, 0.15) is 0 Å². The van der Waals surface area contributed by atoms with Crippen molar-refractivity contribution in [3.63, 3.8) is 0 Å². The van der Waals surface area contributed by atoms with Gasteiger partial charge < -0.3 is 5.21 Å². The van der Waals surface area contributed by atoms with Crippen molar-refractivity contribution < 1.29 is 55.1 Å².